The van der Waals surface area contributed by atoms with Gasteiger partial charge in [-0.1, -0.05) is 59.1 Å². The van der Waals surface area contributed by atoms with E-state index in [1.165, 1.54) is 6.92 Å². The lowest BCUT2D eigenvalue weighted by Gasteiger charge is -2.29. The van der Waals surface area contributed by atoms with E-state index in [9.17, 15) is 19.2 Å². The SMILES string of the molecule is CCCC[C@H](C)[C@@H]1CC(=O)N[C@H](Cc2ccc(C#N)cc2)C(=O)N[C@@H](C)C(=O)N[C@H]([C@@H](C)CC)C(=O)O1. The molecule has 2 rings (SSSR count). The van der Waals surface area contributed by atoms with Gasteiger partial charge in [0.25, 0.3) is 0 Å². The van der Waals surface area contributed by atoms with Crippen molar-refractivity contribution in [3.05, 3.63) is 35.4 Å². The smallest absolute Gasteiger partial charge is 0.329 e. The second-order valence-electron chi connectivity index (χ2n) is 10.0. The van der Waals surface area contributed by atoms with Crippen LogP contribution < -0.4 is 16.0 Å². The van der Waals surface area contributed by atoms with Crippen LogP contribution in [0.2, 0.25) is 0 Å². The quantitative estimate of drug-likeness (QED) is 0.458. The van der Waals surface area contributed by atoms with Gasteiger partial charge in [0, 0.05) is 6.42 Å². The lowest BCUT2D eigenvalue weighted by Crippen LogP contribution is -2.55. The van der Waals surface area contributed by atoms with Crippen LogP contribution >= 0.6 is 0 Å². The maximum Gasteiger partial charge on any atom is 0.329 e. The second-order valence-corrected chi connectivity index (χ2v) is 10.0. The number of amides is 3. The number of ether oxygens (including phenoxy) is 1. The number of carbonyl (C=O) groups excluding carboxylic acids is 4. The molecule has 3 N–H and O–H groups in total. The van der Waals surface area contributed by atoms with Gasteiger partial charge in [0.05, 0.1) is 18.1 Å². The number of esters is 1. The van der Waals surface area contributed by atoms with Crippen molar-refractivity contribution in [2.24, 2.45) is 11.8 Å². The summed E-state index contributed by atoms with van der Waals surface area (Å²) >= 11 is 0. The van der Waals surface area contributed by atoms with Crippen molar-refractivity contribution in [3.8, 4) is 6.07 Å². The number of unbranched alkanes of at least 4 members (excludes halogenated alkanes) is 1. The highest BCUT2D eigenvalue weighted by atomic mass is 16.5. The van der Waals surface area contributed by atoms with E-state index in [-0.39, 0.29) is 24.7 Å². The van der Waals surface area contributed by atoms with E-state index < -0.39 is 47.9 Å². The molecule has 0 unspecified atom stereocenters. The van der Waals surface area contributed by atoms with Crippen LogP contribution in [0.25, 0.3) is 0 Å². The van der Waals surface area contributed by atoms with Crippen LogP contribution in [0.15, 0.2) is 24.3 Å². The third-order valence-corrected chi connectivity index (χ3v) is 6.99. The van der Waals surface area contributed by atoms with Gasteiger partial charge in [0.15, 0.2) is 0 Å². The highest BCUT2D eigenvalue weighted by Gasteiger charge is 2.35. The normalized spacial score (nSPS) is 25.1. The summed E-state index contributed by atoms with van der Waals surface area (Å²) in [6, 6.07) is 6.00. The number of nitriles is 1. The number of carbonyl (C=O) groups is 4. The largest absolute Gasteiger partial charge is 0.460 e. The molecule has 9 heteroatoms. The summed E-state index contributed by atoms with van der Waals surface area (Å²) in [5.41, 5.74) is 1.23. The van der Waals surface area contributed by atoms with E-state index >= 15 is 0 Å². The third kappa shape index (κ3) is 8.88. The van der Waals surface area contributed by atoms with Crippen LogP contribution in [0.3, 0.4) is 0 Å². The van der Waals surface area contributed by atoms with Crippen molar-refractivity contribution in [3.63, 3.8) is 0 Å². The fourth-order valence-electron chi connectivity index (χ4n) is 4.22. The molecule has 1 aromatic carbocycles. The summed E-state index contributed by atoms with van der Waals surface area (Å²) in [5.74, 6) is -2.29. The predicted molar refractivity (Wildman–Crippen MR) is 139 cm³/mol. The van der Waals surface area contributed by atoms with Crippen molar-refractivity contribution in [1.29, 1.82) is 5.26 Å². The zero-order valence-electron chi connectivity index (χ0n) is 22.5. The number of rotatable bonds is 8. The van der Waals surface area contributed by atoms with Crippen LogP contribution in [0.1, 0.15) is 77.8 Å². The van der Waals surface area contributed by atoms with Gasteiger partial charge in [-0.15, -0.1) is 0 Å². The molecule has 1 aliphatic heterocycles. The van der Waals surface area contributed by atoms with E-state index in [0.29, 0.717) is 12.0 Å². The van der Waals surface area contributed by atoms with E-state index in [2.05, 4.69) is 28.9 Å². The summed E-state index contributed by atoms with van der Waals surface area (Å²) in [5, 5.41) is 17.2. The molecule has 3 amide bonds. The highest BCUT2D eigenvalue weighted by molar-refractivity contribution is 5.94. The van der Waals surface area contributed by atoms with E-state index in [1.54, 1.807) is 24.3 Å². The van der Waals surface area contributed by atoms with Gasteiger partial charge in [0.2, 0.25) is 17.7 Å². The Bertz CT molecular complexity index is 987. The Morgan fingerprint density at radius 3 is 2.27 bits per heavy atom. The summed E-state index contributed by atoms with van der Waals surface area (Å²) in [7, 11) is 0. The maximum atomic E-state index is 13.2. The molecule has 1 fully saturated rings. The molecule has 0 bridgehead atoms. The Morgan fingerprint density at radius 1 is 1.00 bits per heavy atom. The highest BCUT2D eigenvalue weighted by Crippen LogP contribution is 2.21. The monoisotopic (exact) mass is 512 g/mol. The first-order valence-corrected chi connectivity index (χ1v) is 13.2. The molecule has 1 heterocycles. The Balaban J connectivity index is 2.38. The van der Waals surface area contributed by atoms with Gasteiger partial charge < -0.3 is 20.7 Å². The molecule has 0 aromatic heterocycles. The molecule has 6 atom stereocenters. The molecular formula is C28H40N4O5. The molecule has 0 saturated carbocycles. The summed E-state index contributed by atoms with van der Waals surface area (Å²) in [4.78, 5) is 52.5. The Morgan fingerprint density at radius 2 is 1.68 bits per heavy atom. The Labute approximate surface area is 219 Å². The number of cyclic esters (lactones) is 1. The summed E-state index contributed by atoms with van der Waals surface area (Å²) in [6.45, 7) is 9.31. The lowest BCUT2D eigenvalue weighted by atomic mass is 9.94. The fraction of sp³-hybridized carbons (Fsp3) is 0.607. The zero-order chi connectivity index (χ0) is 27.5. The van der Waals surface area contributed by atoms with Crippen molar-refractivity contribution in [2.45, 2.75) is 97.4 Å². The number of benzene rings is 1. The minimum absolute atomic E-state index is 0.0854. The molecule has 9 nitrogen and oxygen atoms in total. The average molecular weight is 513 g/mol. The van der Waals surface area contributed by atoms with Gasteiger partial charge in [-0.3, -0.25) is 14.4 Å². The van der Waals surface area contributed by atoms with E-state index in [4.69, 9.17) is 10.00 Å². The molecular weight excluding hydrogens is 472 g/mol. The average Bonchev–Trinajstić information content (AvgIpc) is 2.88. The van der Waals surface area contributed by atoms with Crippen LogP contribution in [0, 0.1) is 23.2 Å². The first-order chi connectivity index (χ1) is 17.6. The van der Waals surface area contributed by atoms with E-state index in [1.807, 2.05) is 20.8 Å². The number of hydrogen-bond acceptors (Lipinski definition) is 6. The fourth-order valence-corrected chi connectivity index (χ4v) is 4.22. The van der Waals surface area contributed by atoms with Crippen molar-refractivity contribution in [2.75, 3.05) is 0 Å². The first-order valence-electron chi connectivity index (χ1n) is 13.2. The van der Waals surface area contributed by atoms with E-state index in [0.717, 1.165) is 24.8 Å². The summed E-state index contributed by atoms with van der Waals surface area (Å²) in [6.07, 6.45) is 2.67. The minimum Gasteiger partial charge on any atom is -0.460 e. The summed E-state index contributed by atoms with van der Waals surface area (Å²) < 4.78 is 5.87. The van der Waals surface area contributed by atoms with Crippen molar-refractivity contribution >= 4 is 23.7 Å². The molecule has 1 aromatic rings. The van der Waals surface area contributed by atoms with Gasteiger partial charge in [0.1, 0.15) is 24.2 Å². The van der Waals surface area contributed by atoms with Crippen LogP contribution in [-0.2, 0) is 30.3 Å². The second kappa shape index (κ2) is 14.4. The Hall–Kier alpha value is -3.41. The standard InChI is InChI=1S/C28H40N4O5/c1-6-8-9-18(4)23-15-24(33)31-22(14-20-10-12-21(16-29)13-11-20)27(35)30-19(5)26(34)32-25(17(3)7-2)28(36)37-23/h10-13,17-19,22-23,25H,6-9,14-15H2,1-5H3,(H,30,35)(H,31,33)(H,32,34)/t17-,18-,19-,22+,23-,25+/m0/s1. The first kappa shape index (κ1) is 29.8. The predicted octanol–water partition coefficient (Wildman–Crippen LogP) is 2.76. The topological polar surface area (TPSA) is 137 Å². The zero-order valence-corrected chi connectivity index (χ0v) is 22.5. The molecule has 0 aliphatic carbocycles. The number of nitrogens with one attached hydrogen (secondary N) is 3. The van der Waals surface area contributed by atoms with Gasteiger partial charge in [-0.2, -0.15) is 5.26 Å². The molecule has 1 aliphatic rings. The van der Waals surface area contributed by atoms with Crippen LogP contribution in [0.4, 0.5) is 0 Å². The van der Waals surface area contributed by atoms with Crippen LogP contribution in [-0.4, -0.2) is 47.9 Å². The molecule has 1 saturated heterocycles. The Kier molecular flexibility index (Phi) is 11.6. The van der Waals surface area contributed by atoms with Crippen molar-refractivity contribution < 1.29 is 23.9 Å². The van der Waals surface area contributed by atoms with Crippen molar-refractivity contribution in [1.82, 2.24) is 16.0 Å². The van der Waals surface area contributed by atoms with Crippen LogP contribution in [0.5, 0.6) is 0 Å². The minimum atomic E-state index is -0.955. The molecule has 37 heavy (non-hydrogen) atoms. The lowest BCUT2D eigenvalue weighted by molar-refractivity contribution is -0.158. The third-order valence-electron chi connectivity index (χ3n) is 6.99. The van der Waals surface area contributed by atoms with Gasteiger partial charge >= 0.3 is 5.97 Å². The van der Waals surface area contributed by atoms with Gasteiger partial charge in [-0.05, 0) is 42.9 Å². The van der Waals surface area contributed by atoms with Gasteiger partial charge in [-0.25, -0.2) is 4.79 Å². The molecule has 0 radical (unpaired) electrons. The maximum absolute atomic E-state index is 13.2. The molecule has 0 spiro atoms. The molecule has 202 valence electrons. The number of nitrogens with zero attached hydrogens (tertiary/aromatic N) is 1. The number of hydrogen-bond donors (Lipinski definition) is 3.